The molecule has 114 valence electrons. The van der Waals surface area contributed by atoms with Crippen LogP contribution in [0.4, 0.5) is 5.69 Å². The summed E-state index contributed by atoms with van der Waals surface area (Å²) in [6.45, 7) is 3.62. The Morgan fingerprint density at radius 2 is 2.19 bits per heavy atom. The first-order valence-corrected chi connectivity index (χ1v) is 7.96. The van der Waals surface area contributed by atoms with Crippen LogP contribution in [0, 0.1) is 0 Å². The molecule has 0 fully saturated rings. The van der Waals surface area contributed by atoms with Gasteiger partial charge in [0.05, 0.1) is 24.4 Å². The Morgan fingerprint density at radius 1 is 1.43 bits per heavy atom. The van der Waals surface area contributed by atoms with Crippen molar-refractivity contribution in [1.82, 2.24) is 9.97 Å². The summed E-state index contributed by atoms with van der Waals surface area (Å²) in [6.07, 6.45) is 0. The number of fused-ring (bicyclic) bond motifs is 1. The number of benzene rings is 1. The predicted octanol–water partition coefficient (Wildman–Crippen LogP) is 2.29. The highest BCUT2D eigenvalue weighted by Crippen LogP contribution is 2.43. The number of aromatic amines is 1. The van der Waals surface area contributed by atoms with Crippen molar-refractivity contribution in [3.05, 3.63) is 24.0 Å². The van der Waals surface area contributed by atoms with Crippen molar-refractivity contribution in [3.63, 3.8) is 0 Å². The summed E-state index contributed by atoms with van der Waals surface area (Å²) in [5.41, 5.74) is 1.19. The molecule has 0 aliphatic carbocycles. The first-order valence-electron chi connectivity index (χ1n) is 6.38. The highest BCUT2D eigenvalue weighted by molar-refractivity contribution is 7.54. The summed E-state index contributed by atoms with van der Waals surface area (Å²) < 4.78 is 21.4. The van der Waals surface area contributed by atoms with Gasteiger partial charge in [-0.15, -0.1) is 0 Å². The molecule has 1 aromatic carbocycles. The molecule has 1 heterocycles. The minimum atomic E-state index is -3.97. The van der Waals surface area contributed by atoms with E-state index < -0.39 is 13.7 Å². The molecule has 9 heteroatoms. The topological polar surface area (TPSA) is 114 Å². The average molecular weight is 313 g/mol. The third kappa shape index (κ3) is 3.60. The molecule has 2 rings (SSSR count). The van der Waals surface area contributed by atoms with Crippen LogP contribution in [0.25, 0.3) is 11.0 Å². The average Bonchev–Trinajstić information content (AvgIpc) is 2.83. The first kappa shape index (κ1) is 15.5. The van der Waals surface area contributed by atoms with E-state index in [9.17, 15) is 14.3 Å². The quantitative estimate of drug-likeness (QED) is 0.553. The molecule has 0 saturated carbocycles. The van der Waals surface area contributed by atoms with Gasteiger partial charge in [-0.05, 0) is 26.0 Å². The van der Waals surface area contributed by atoms with Gasteiger partial charge < -0.3 is 14.6 Å². The van der Waals surface area contributed by atoms with Gasteiger partial charge in [-0.3, -0.25) is 9.61 Å². The van der Waals surface area contributed by atoms with Crippen LogP contribution in [-0.2, 0) is 13.8 Å². The molecule has 0 radical (unpaired) electrons. The van der Waals surface area contributed by atoms with Crippen molar-refractivity contribution in [2.45, 2.75) is 13.8 Å². The number of nitrogens with zero attached hydrogens (tertiary/aromatic N) is 1. The minimum Gasteiger partial charge on any atom is -0.460 e. The summed E-state index contributed by atoms with van der Waals surface area (Å²) in [5, 5.41) is 2.40. The van der Waals surface area contributed by atoms with Gasteiger partial charge in [-0.2, -0.15) is 0 Å². The van der Waals surface area contributed by atoms with Gasteiger partial charge >= 0.3 is 13.7 Å². The molecule has 3 N–H and O–H groups in total. The van der Waals surface area contributed by atoms with Crippen molar-refractivity contribution in [3.8, 4) is 0 Å². The third-order valence-electron chi connectivity index (χ3n) is 2.55. The van der Waals surface area contributed by atoms with Crippen LogP contribution >= 0.6 is 7.75 Å². The largest absolute Gasteiger partial charge is 0.460 e. The second kappa shape index (κ2) is 6.26. The molecule has 0 aliphatic heterocycles. The third-order valence-corrected chi connectivity index (χ3v) is 3.68. The highest BCUT2D eigenvalue weighted by Gasteiger charge is 2.21. The molecule has 0 saturated heterocycles. The number of rotatable bonds is 6. The van der Waals surface area contributed by atoms with E-state index in [1.54, 1.807) is 32.0 Å². The number of carbonyl (C=O) groups is 1. The Bertz CT molecular complexity index is 699. The van der Waals surface area contributed by atoms with Crippen LogP contribution in [0.1, 0.15) is 24.5 Å². The van der Waals surface area contributed by atoms with Gasteiger partial charge in [0, 0.05) is 0 Å². The molecule has 21 heavy (non-hydrogen) atoms. The number of anilines is 1. The van der Waals surface area contributed by atoms with E-state index in [4.69, 9.17) is 9.26 Å². The predicted molar refractivity (Wildman–Crippen MR) is 77.1 cm³/mol. The number of carbonyl (C=O) groups excluding carboxylic acids is 1. The van der Waals surface area contributed by atoms with Gasteiger partial charge in [0.2, 0.25) is 5.82 Å². The molecule has 0 amide bonds. The SMILES string of the molecule is CCOC(=O)c1nc2c(NP(=O)(O)OCC)cccc2[nH]1. The second-order valence-electron chi connectivity index (χ2n) is 4.06. The Balaban J connectivity index is 2.37. The zero-order valence-corrected chi connectivity index (χ0v) is 12.5. The lowest BCUT2D eigenvalue weighted by molar-refractivity contribution is 0.0513. The van der Waals surface area contributed by atoms with Crippen molar-refractivity contribution in [2.75, 3.05) is 18.3 Å². The van der Waals surface area contributed by atoms with Gasteiger partial charge in [0.1, 0.15) is 5.52 Å². The van der Waals surface area contributed by atoms with Crippen molar-refractivity contribution in [1.29, 1.82) is 0 Å². The van der Waals surface area contributed by atoms with Crippen LogP contribution in [0.15, 0.2) is 18.2 Å². The van der Waals surface area contributed by atoms with Crippen LogP contribution in [-0.4, -0.2) is 34.0 Å². The molecular weight excluding hydrogens is 297 g/mol. The molecule has 1 unspecified atom stereocenters. The van der Waals surface area contributed by atoms with E-state index in [2.05, 4.69) is 15.1 Å². The fourth-order valence-electron chi connectivity index (χ4n) is 1.78. The molecule has 1 atom stereocenters. The summed E-state index contributed by atoms with van der Waals surface area (Å²) in [6, 6.07) is 4.92. The normalized spacial score (nSPS) is 13.9. The van der Waals surface area contributed by atoms with Crippen LogP contribution in [0.3, 0.4) is 0 Å². The number of nitrogens with one attached hydrogen (secondary N) is 2. The van der Waals surface area contributed by atoms with E-state index in [0.29, 0.717) is 16.7 Å². The van der Waals surface area contributed by atoms with Crippen molar-refractivity contribution < 1.29 is 23.5 Å². The Morgan fingerprint density at radius 3 is 2.86 bits per heavy atom. The number of esters is 1. The molecule has 1 aromatic heterocycles. The fourth-order valence-corrected chi connectivity index (χ4v) is 2.68. The Labute approximate surface area is 121 Å². The maximum Gasteiger partial charge on any atom is 0.430 e. The van der Waals surface area contributed by atoms with Crippen LogP contribution in [0.5, 0.6) is 0 Å². The number of hydrogen-bond acceptors (Lipinski definition) is 5. The summed E-state index contributed by atoms with van der Waals surface area (Å²) in [4.78, 5) is 28.2. The van der Waals surface area contributed by atoms with E-state index in [1.807, 2.05) is 0 Å². The molecule has 2 aromatic rings. The van der Waals surface area contributed by atoms with Crippen LogP contribution in [0.2, 0.25) is 0 Å². The first-order chi connectivity index (χ1) is 9.96. The number of para-hydroxylation sites is 1. The maximum absolute atomic E-state index is 11.8. The van der Waals surface area contributed by atoms with E-state index >= 15 is 0 Å². The Kier molecular flexibility index (Phi) is 4.62. The number of hydrogen-bond donors (Lipinski definition) is 3. The Hall–Kier alpha value is -1.89. The number of imidazole rings is 1. The molecular formula is C12H16N3O5P. The van der Waals surface area contributed by atoms with Gasteiger partial charge in [-0.1, -0.05) is 6.07 Å². The lowest BCUT2D eigenvalue weighted by Crippen LogP contribution is -2.06. The summed E-state index contributed by atoms with van der Waals surface area (Å²) in [7, 11) is -3.97. The van der Waals surface area contributed by atoms with E-state index in [0.717, 1.165) is 0 Å². The lowest BCUT2D eigenvalue weighted by atomic mass is 10.3. The molecule has 0 bridgehead atoms. The smallest absolute Gasteiger partial charge is 0.430 e. The monoisotopic (exact) mass is 313 g/mol. The van der Waals surface area contributed by atoms with E-state index in [1.165, 1.54) is 0 Å². The summed E-state index contributed by atoms with van der Waals surface area (Å²) >= 11 is 0. The number of ether oxygens (including phenoxy) is 1. The lowest BCUT2D eigenvalue weighted by Gasteiger charge is -2.13. The fraction of sp³-hybridized carbons (Fsp3) is 0.333. The van der Waals surface area contributed by atoms with Crippen molar-refractivity contribution in [2.24, 2.45) is 0 Å². The van der Waals surface area contributed by atoms with Gasteiger partial charge in [-0.25, -0.2) is 14.3 Å². The zero-order valence-electron chi connectivity index (χ0n) is 11.6. The zero-order chi connectivity index (χ0) is 15.5. The van der Waals surface area contributed by atoms with Gasteiger partial charge in [0.25, 0.3) is 0 Å². The maximum atomic E-state index is 11.8. The van der Waals surface area contributed by atoms with E-state index in [-0.39, 0.29) is 19.0 Å². The minimum absolute atomic E-state index is 0.0327. The van der Waals surface area contributed by atoms with Gasteiger partial charge in [0.15, 0.2) is 0 Å². The summed E-state index contributed by atoms with van der Waals surface area (Å²) in [5.74, 6) is -0.554. The molecule has 8 nitrogen and oxygen atoms in total. The van der Waals surface area contributed by atoms with Crippen LogP contribution < -0.4 is 5.09 Å². The van der Waals surface area contributed by atoms with Crippen molar-refractivity contribution >= 4 is 30.4 Å². The second-order valence-corrected chi connectivity index (χ2v) is 5.58. The highest BCUT2D eigenvalue weighted by atomic mass is 31.2. The molecule has 0 aliphatic rings. The molecule has 0 spiro atoms. The standard InChI is InChI=1S/C12H16N3O5P/c1-3-19-12(16)11-13-8-6-5-7-9(10(8)14-11)15-21(17,18)20-4-2/h5-7H,3-4H2,1-2H3,(H,13,14)(H2,15,17,18). The number of H-pyrrole nitrogens is 1. The number of aromatic nitrogens is 2.